The van der Waals surface area contributed by atoms with Crippen LogP contribution in [0.5, 0.6) is 0 Å². The predicted molar refractivity (Wildman–Crippen MR) is 283 cm³/mol. The van der Waals surface area contributed by atoms with Crippen LogP contribution in [0.15, 0.2) is 191 Å². The summed E-state index contributed by atoms with van der Waals surface area (Å²) in [6.07, 6.45) is 3.20. The van der Waals surface area contributed by atoms with Gasteiger partial charge in [-0.15, -0.1) is 0 Å². The van der Waals surface area contributed by atoms with E-state index in [4.69, 9.17) is 8.83 Å². The Bertz CT molecular complexity index is 3750. The molecule has 0 N–H and O–H groups in total. The first-order valence-corrected chi connectivity index (χ1v) is 26.7. The largest absolute Gasteiger partial charge is 0.456 e. The molecule has 0 saturated carbocycles. The standard InChI is InChI=1S/C62H51NO2Si/c1-39-19-21-40(22-20-39)33-43(42-24-31-50-48-14-9-11-17-57(48)64-59(50)36-42)34-41-23-30-53-54(35-41)62(2,3)55-38-56(47-13-7-8-16-52(47)61(53)55)63(44-25-28-46(29-26-44)66(4,5)6)45-27-32-51-49-15-10-12-18-58(49)65-60(51)37-45/h7-32,34-38H,33H2,1-6H3/b43-34-. The Morgan fingerprint density at radius 3 is 1.80 bits per heavy atom. The number of para-hydroxylation sites is 2. The van der Waals surface area contributed by atoms with Gasteiger partial charge in [-0.25, -0.2) is 0 Å². The molecule has 0 spiro atoms. The van der Waals surface area contributed by atoms with Gasteiger partial charge in [0.25, 0.3) is 0 Å². The van der Waals surface area contributed by atoms with Gasteiger partial charge in [-0.3, -0.25) is 0 Å². The van der Waals surface area contributed by atoms with Gasteiger partial charge in [0.05, 0.1) is 13.8 Å². The van der Waals surface area contributed by atoms with Crippen molar-refractivity contribution in [1.82, 2.24) is 0 Å². The first-order chi connectivity index (χ1) is 32.0. The smallest absolute Gasteiger partial charge is 0.137 e. The minimum absolute atomic E-state index is 0.284. The zero-order chi connectivity index (χ0) is 44.9. The van der Waals surface area contributed by atoms with E-state index in [1.807, 2.05) is 12.1 Å². The maximum atomic E-state index is 6.52. The van der Waals surface area contributed by atoms with Crippen LogP contribution in [0.2, 0.25) is 19.6 Å². The van der Waals surface area contributed by atoms with Crippen LogP contribution in [0.4, 0.5) is 17.1 Å². The van der Waals surface area contributed by atoms with E-state index >= 15 is 0 Å². The van der Waals surface area contributed by atoms with Crippen molar-refractivity contribution in [3.05, 3.63) is 215 Å². The fourth-order valence-corrected chi connectivity index (χ4v) is 11.7. The fourth-order valence-electron chi connectivity index (χ4n) is 10.5. The van der Waals surface area contributed by atoms with Gasteiger partial charge in [0.2, 0.25) is 0 Å². The quantitative estimate of drug-likeness (QED) is 0.113. The molecule has 2 aromatic heterocycles. The number of nitrogens with zero attached hydrogens (tertiary/aromatic N) is 1. The number of hydrogen-bond donors (Lipinski definition) is 0. The topological polar surface area (TPSA) is 29.5 Å². The molecule has 0 amide bonds. The molecule has 0 aliphatic heterocycles. The maximum Gasteiger partial charge on any atom is 0.137 e. The third-order valence-corrected chi connectivity index (χ3v) is 16.2. The molecular weight excluding hydrogens is 819 g/mol. The predicted octanol–water partition coefficient (Wildman–Crippen LogP) is 17.1. The number of aryl methyl sites for hydroxylation is 1. The molecule has 0 bridgehead atoms. The number of anilines is 3. The summed E-state index contributed by atoms with van der Waals surface area (Å²) in [6.45, 7) is 14.2. The first kappa shape index (κ1) is 40.1. The van der Waals surface area contributed by atoms with Gasteiger partial charge in [0, 0.05) is 49.8 Å². The van der Waals surface area contributed by atoms with Gasteiger partial charge in [-0.1, -0.05) is 172 Å². The minimum Gasteiger partial charge on any atom is -0.456 e. The number of fused-ring (bicyclic) bond motifs is 11. The van der Waals surface area contributed by atoms with E-state index in [-0.39, 0.29) is 5.41 Å². The van der Waals surface area contributed by atoms with Crippen LogP contribution >= 0.6 is 0 Å². The van der Waals surface area contributed by atoms with E-state index in [1.165, 1.54) is 66.0 Å². The highest BCUT2D eigenvalue weighted by Crippen LogP contribution is 2.55. The van der Waals surface area contributed by atoms with Crippen LogP contribution in [0, 0.1) is 6.92 Å². The number of rotatable bonds is 8. The van der Waals surface area contributed by atoms with E-state index in [9.17, 15) is 0 Å². The van der Waals surface area contributed by atoms with Crippen molar-refractivity contribution in [1.29, 1.82) is 0 Å². The van der Waals surface area contributed by atoms with Crippen molar-refractivity contribution in [3.63, 3.8) is 0 Å². The molecule has 9 aromatic carbocycles. The molecule has 0 radical (unpaired) electrons. The van der Waals surface area contributed by atoms with E-state index in [0.717, 1.165) is 67.4 Å². The highest BCUT2D eigenvalue weighted by Gasteiger charge is 2.38. The second-order valence-electron chi connectivity index (χ2n) is 19.8. The molecule has 320 valence electrons. The average Bonchev–Trinajstić information content (AvgIpc) is 3.96. The molecule has 66 heavy (non-hydrogen) atoms. The Morgan fingerprint density at radius 1 is 0.530 bits per heavy atom. The number of furan rings is 2. The van der Waals surface area contributed by atoms with Gasteiger partial charge in [0.15, 0.2) is 0 Å². The molecule has 2 heterocycles. The molecule has 1 aliphatic rings. The zero-order valence-electron chi connectivity index (χ0n) is 38.4. The van der Waals surface area contributed by atoms with Gasteiger partial charge >= 0.3 is 0 Å². The summed E-state index contributed by atoms with van der Waals surface area (Å²) in [6, 6.07) is 67.0. The molecular formula is C62H51NO2Si. The fraction of sp³-hybridized carbons (Fsp3) is 0.129. The van der Waals surface area contributed by atoms with Crippen LogP contribution in [-0.4, -0.2) is 8.07 Å². The normalized spacial score (nSPS) is 13.6. The average molecular weight is 870 g/mol. The Balaban J connectivity index is 1.01. The Labute approximate surface area is 387 Å². The third-order valence-electron chi connectivity index (χ3n) is 14.1. The zero-order valence-corrected chi connectivity index (χ0v) is 39.4. The monoisotopic (exact) mass is 869 g/mol. The molecule has 4 heteroatoms. The summed E-state index contributed by atoms with van der Waals surface area (Å²) in [4.78, 5) is 2.45. The molecule has 3 nitrogen and oxygen atoms in total. The molecule has 12 rings (SSSR count). The van der Waals surface area contributed by atoms with Crippen LogP contribution < -0.4 is 10.1 Å². The van der Waals surface area contributed by atoms with Gasteiger partial charge in [0.1, 0.15) is 22.3 Å². The van der Waals surface area contributed by atoms with E-state index < -0.39 is 8.07 Å². The summed E-state index contributed by atoms with van der Waals surface area (Å²) >= 11 is 0. The maximum absolute atomic E-state index is 6.52. The van der Waals surface area contributed by atoms with Crippen LogP contribution in [0.3, 0.4) is 0 Å². The van der Waals surface area contributed by atoms with Crippen molar-refractivity contribution >= 4 is 96.6 Å². The van der Waals surface area contributed by atoms with Gasteiger partial charge in [-0.2, -0.15) is 0 Å². The molecule has 0 unspecified atom stereocenters. The summed E-state index contributed by atoms with van der Waals surface area (Å²) in [7, 11) is -1.53. The van der Waals surface area contributed by atoms with Crippen LogP contribution in [0.25, 0.3) is 77.4 Å². The van der Waals surface area contributed by atoms with Crippen LogP contribution in [0.1, 0.15) is 47.2 Å². The second kappa shape index (κ2) is 15.1. The lowest BCUT2D eigenvalue weighted by molar-refractivity contribution is 0.660. The molecule has 0 atom stereocenters. The SMILES string of the molecule is Cc1ccc(C/C(=C/c2ccc3c(c2)C(C)(C)c2cc(N(c4ccc([Si](C)(C)C)cc4)c4ccc5c(c4)oc4ccccc45)c4ccccc4c2-3)c2ccc3c(c2)oc2ccccc23)cc1. The van der Waals surface area contributed by atoms with Crippen LogP contribution in [-0.2, 0) is 11.8 Å². The van der Waals surface area contributed by atoms with Crippen molar-refractivity contribution in [2.24, 2.45) is 0 Å². The lowest BCUT2D eigenvalue weighted by atomic mass is 9.81. The molecule has 11 aromatic rings. The summed E-state index contributed by atoms with van der Waals surface area (Å²) < 4.78 is 12.9. The molecule has 0 saturated heterocycles. The Hall–Kier alpha value is -7.40. The number of hydrogen-bond acceptors (Lipinski definition) is 3. The lowest BCUT2D eigenvalue weighted by Gasteiger charge is -2.30. The van der Waals surface area contributed by atoms with E-state index in [1.54, 1.807) is 0 Å². The summed E-state index contributed by atoms with van der Waals surface area (Å²) in [5.41, 5.74) is 18.1. The summed E-state index contributed by atoms with van der Waals surface area (Å²) in [5, 5.41) is 8.46. The van der Waals surface area contributed by atoms with E-state index in [0.29, 0.717) is 0 Å². The number of benzene rings is 9. The second-order valence-corrected chi connectivity index (χ2v) is 24.9. The van der Waals surface area contributed by atoms with Crippen molar-refractivity contribution in [3.8, 4) is 11.1 Å². The lowest BCUT2D eigenvalue weighted by Crippen LogP contribution is -2.37. The third kappa shape index (κ3) is 6.62. The Kier molecular flexibility index (Phi) is 9.17. The van der Waals surface area contributed by atoms with Gasteiger partial charge in [-0.05, 0) is 118 Å². The van der Waals surface area contributed by atoms with Crippen molar-refractivity contribution < 1.29 is 8.83 Å². The van der Waals surface area contributed by atoms with Gasteiger partial charge < -0.3 is 13.7 Å². The Morgan fingerprint density at radius 2 is 1.12 bits per heavy atom. The highest BCUT2D eigenvalue weighted by atomic mass is 28.3. The first-order valence-electron chi connectivity index (χ1n) is 23.2. The van der Waals surface area contributed by atoms with Crippen molar-refractivity contribution in [2.75, 3.05) is 4.90 Å². The number of allylic oxidation sites excluding steroid dienone is 1. The molecule has 1 aliphatic carbocycles. The minimum atomic E-state index is -1.53. The van der Waals surface area contributed by atoms with E-state index in [2.05, 4.69) is 221 Å². The highest BCUT2D eigenvalue weighted by molar-refractivity contribution is 6.88. The summed E-state index contributed by atoms with van der Waals surface area (Å²) in [5.74, 6) is 0. The van der Waals surface area contributed by atoms with Crippen molar-refractivity contribution in [2.45, 2.75) is 52.2 Å². The molecule has 0 fully saturated rings.